The van der Waals surface area contributed by atoms with Gasteiger partial charge in [0.25, 0.3) is 0 Å². The summed E-state index contributed by atoms with van der Waals surface area (Å²) in [5.74, 6) is -1.84. The number of Topliss-reactive ketones (excluding diaryl/α,β-unsaturated/α-hetero) is 1. The van der Waals surface area contributed by atoms with Crippen molar-refractivity contribution < 1.29 is 33.4 Å². The smallest absolute Gasteiger partial charge is 0.408 e. The minimum Gasteiger partial charge on any atom is -0.462 e. The van der Waals surface area contributed by atoms with E-state index in [-0.39, 0.29) is 6.61 Å². The molecule has 174 valence electrons. The van der Waals surface area contributed by atoms with Crippen molar-refractivity contribution in [1.29, 1.82) is 0 Å². The second-order valence-corrected chi connectivity index (χ2v) is 7.43. The van der Waals surface area contributed by atoms with E-state index in [1.165, 1.54) is 0 Å². The summed E-state index contributed by atoms with van der Waals surface area (Å²) in [5.41, 5.74) is 1.15. The van der Waals surface area contributed by atoms with E-state index in [1.807, 2.05) is 6.07 Å². The first kappa shape index (κ1) is 23.9. The Morgan fingerprint density at radius 3 is 2.30 bits per heavy atom. The van der Waals surface area contributed by atoms with E-state index in [2.05, 4.69) is 10.6 Å². The topological polar surface area (TPSA) is 120 Å². The number of nitrogens with one attached hydrogen (secondary N) is 2. The number of ketones is 1. The van der Waals surface area contributed by atoms with Crippen molar-refractivity contribution in [2.75, 3.05) is 19.8 Å². The molecule has 9 heteroatoms. The van der Waals surface area contributed by atoms with E-state index in [0.717, 1.165) is 12.0 Å². The van der Waals surface area contributed by atoms with Gasteiger partial charge in [0.1, 0.15) is 19.3 Å². The molecule has 1 fully saturated rings. The number of ether oxygens (including phenoxy) is 3. The van der Waals surface area contributed by atoms with Gasteiger partial charge in [-0.1, -0.05) is 60.7 Å². The van der Waals surface area contributed by atoms with Crippen LogP contribution in [0.2, 0.25) is 0 Å². The highest BCUT2D eigenvalue weighted by Crippen LogP contribution is 2.08. The predicted octanol–water partition coefficient (Wildman–Crippen LogP) is 2.00. The van der Waals surface area contributed by atoms with Crippen LogP contribution in [0.15, 0.2) is 60.7 Å². The molecule has 2 aromatic rings. The SMILES string of the molecule is O=C(NC(COC(=O)C1CCCN1)C(=O)OCC(=O)c1ccccc1)OCc1ccccc1. The summed E-state index contributed by atoms with van der Waals surface area (Å²) < 4.78 is 15.4. The summed E-state index contributed by atoms with van der Waals surface area (Å²) in [7, 11) is 0. The molecule has 2 atom stereocenters. The summed E-state index contributed by atoms with van der Waals surface area (Å²) >= 11 is 0. The van der Waals surface area contributed by atoms with Gasteiger partial charge in [-0.2, -0.15) is 0 Å². The van der Waals surface area contributed by atoms with Crippen LogP contribution in [0.4, 0.5) is 4.79 Å². The summed E-state index contributed by atoms with van der Waals surface area (Å²) in [6, 6.07) is 15.6. The largest absolute Gasteiger partial charge is 0.462 e. The van der Waals surface area contributed by atoms with Gasteiger partial charge < -0.3 is 24.8 Å². The van der Waals surface area contributed by atoms with E-state index in [0.29, 0.717) is 18.5 Å². The Hall–Kier alpha value is -3.72. The number of esters is 2. The number of alkyl carbamates (subject to hydrolysis) is 1. The number of rotatable bonds is 10. The molecule has 1 heterocycles. The third kappa shape index (κ3) is 7.73. The van der Waals surface area contributed by atoms with Crippen molar-refractivity contribution in [1.82, 2.24) is 10.6 Å². The highest BCUT2D eigenvalue weighted by atomic mass is 16.6. The highest BCUT2D eigenvalue weighted by molar-refractivity contribution is 5.98. The first-order valence-corrected chi connectivity index (χ1v) is 10.6. The lowest BCUT2D eigenvalue weighted by molar-refractivity contribution is -0.152. The lowest BCUT2D eigenvalue weighted by Crippen LogP contribution is -2.47. The van der Waals surface area contributed by atoms with Crippen LogP contribution >= 0.6 is 0 Å². The molecule has 0 saturated carbocycles. The monoisotopic (exact) mass is 454 g/mol. The molecule has 0 radical (unpaired) electrons. The van der Waals surface area contributed by atoms with Crippen molar-refractivity contribution in [2.24, 2.45) is 0 Å². The number of carbonyl (C=O) groups excluding carboxylic acids is 4. The van der Waals surface area contributed by atoms with Crippen molar-refractivity contribution in [3.05, 3.63) is 71.8 Å². The van der Waals surface area contributed by atoms with Gasteiger partial charge >= 0.3 is 18.0 Å². The Balaban J connectivity index is 1.55. The van der Waals surface area contributed by atoms with Crippen LogP contribution in [-0.4, -0.2) is 55.7 Å². The molecule has 1 saturated heterocycles. The molecule has 1 aliphatic heterocycles. The van der Waals surface area contributed by atoms with Crippen LogP contribution in [0, 0.1) is 0 Å². The molecule has 33 heavy (non-hydrogen) atoms. The molecule has 0 aromatic heterocycles. The summed E-state index contributed by atoms with van der Waals surface area (Å²) in [6.45, 7) is -0.266. The lowest BCUT2D eigenvalue weighted by atomic mass is 10.1. The van der Waals surface area contributed by atoms with Gasteiger partial charge in [0.15, 0.2) is 18.4 Å². The average Bonchev–Trinajstić information content (AvgIpc) is 3.40. The van der Waals surface area contributed by atoms with E-state index >= 15 is 0 Å². The van der Waals surface area contributed by atoms with E-state index < -0.39 is 49.1 Å². The standard InChI is InChI=1S/C24H26N2O7/c27-21(18-10-5-2-6-11-18)16-32-23(29)20(15-31-22(28)19-12-7-13-25-19)26-24(30)33-14-17-8-3-1-4-9-17/h1-6,8-11,19-20,25H,7,12-16H2,(H,26,30). The fourth-order valence-electron chi connectivity index (χ4n) is 3.17. The Labute approximate surface area is 191 Å². The molecule has 1 amide bonds. The molecule has 2 unspecified atom stereocenters. The zero-order valence-corrected chi connectivity index (χ0v) is 18.0. The number of benzene rings is 2. The van der Waals surface area contributed by atoms with Crippen molar-refractivity contribution in [2.45, 2.75) is 31.5 Å². The Morgan fingerprint density at radius 2 is 1.64 bits per heavy atom. The maximum absolute atomic E-state index is 12.6. The molecule has 2 aromatic carbocycles. The fraction of sp³-hybridized carbons (Fsp3) is 0.333. The minimum atomic E-state index is -1.33. The molecule has 1 aliphatic rings. The lowest BCUT2D eigenvalue weighted by Gasteiger charge is -2.18. The van der Waals surface area contributed by atoms with Crippen molar-refractivity contribution >= 4 is 23.8 Å². The van der Waals surface area contributed by atoms with E-state index in [4.69, 9.17) is 14.2 Å². The zero-order valence-electron chi connectivity index (χ0n) is 18.0. The maximum atomic E-state index is 12.6. The van der Waals surface area contributed by atoms with Crippen molar-refractivity contribution in [3.63, 3.8) is 0 Å². The molecule has 3 rings (SSSR count). The number of hydrogen-bond donors (Lipinski definition) is 2. The van der Waals surface area contributed by atoms with Gasteiger partial charge in [0, 0.05) is 5.56 Å². The molecule has 0 aliphatic carbocycles. The third-order valence-electron chi connectivity index (χ3n) is 4.97. The van der Waals surface area contributed by atoms with Gasteiger partial charge in [-0.05, 0) is 24.9 Å². The maximum Gasteiger partial charge on any atom is 0.408 e. The van der Waals surface area contributed by atoms with Gasteiger partial charge in [-0.25, -0.2) is 9.59 Å². The average molecular weight is 454 g/mol. The predicted molar refractivity (Wildman–Crippen MR) is 117 cm³/mol. The van der Waals surface area contributed by atoms with E-state index in [9.17, 15) is 19.2 Å². The minimum absolute atomic E-state index is 0.00723. The quantitative estimate of drug-likeness (QED) is 0.318. The summed E-state index contributed by atoms with van der Waals surface area (Å²) in [5, 5.41) is 5.35. The highest BCUT2D eigenvalue weighted by Gasteiger charge is 2.29. The van der Waals surface area contributed by atoms with Crippen LogP contribution < -0.4 is 10.6 Å². The van der Waals surface area contributed by atoms with Gasteiger partial charge in [0.2, 0.25) is 0 Å². The van der Waals surface area contributed by atoms with Gasteiger partial charge in [0.05, 0.1) is 0 Å². The van der Waals surface area contributed by atoms with Crippen LogP contribution in [0.1, 0.15) is 28.8 Å². The number of hydrogen-bond acceptors (Lipinski definition) is 8. The molecule has 2 N–H and O–H groups in total. The van der Waals surface area contributed by atoms with Crippen molar-refractivity contribution in [3.8, 4) is 0 Å². The zero-order chi connectivity index (χ0) is 23.5. The Morgan fingerprint density at radius 1 is 0.939 bits per heavy atom. The van der Waals surface area contributed by atoms with Gasteiger partial charge in [-0.3, -0.25) is 9.59 Å². The second-order valence-electron chi connectivity index (χ2n) is 7.43. The molecule has 0 spiro atoms. The Bertz CT molecular complexity index is 944. The normalized spacial score (nSPS) is 15.8. The molecule has 0 bridgehead atoms. The summed E-state index contributed by atoms with van der Waals surface area (Å²) in [4.78, 5) is 49.2. The van der Waals surface area contributed by atoms with Crippen LogP contribution in [0.25, 0.3) is 0 Å². The van der Waals surface area contributed by atoms with Crippen LogP contribution in [-0.2, 0) is 30.4 Å². The van der Waals surface area contributed by atoms with Crippen LogP contribution in [0.5, 0.6) is 0 Å². The summed E-state index contributed by atoms with van der Waals surface area (Å²) in [6.07, 6.45) is 0.591. The second kappa shape index (κ2) is 12.4. The van der Waals surface area contributed by atoms with Gasteiger partial charge in [-0.15, -0.1) is 0 Å². The molecule has 9 nitrogen and oxygen atoms in total. The number of carbonyl (C=O) groups is 4. The van der Waals surface area contributed by atoms with E-state index in [1.54, 1.807) is 54.6 Å². The molecular formula is C24H26N2O7. The first-order chi connectivity index (χ1) is 16.0. The third-order valence-corrected chi connectivity index (χ3v) is 4.97. The molecular weight excluding hydrogens is 428 g/mol. The fourth-order valence-corrected chi connectivity index (χ4v) is 3.17. The number of amides is 1. The van der Waals surface area contributed by atoms with Crippen LogP contribution in [0.3, 0.4) is 0 Å². The first-order valence-electron chi connectivity index (χ1n) is 10.6. The Kier molecular flexibility index (Phi) is 8.96.